The summed E-state index contributed by atoms with van der Waals surface area (Å²) in [6.45, 7) is 5.71. The van der Waals surface area contributed by atoms with Crippen molar-refractivity contribution in [3.63, 3.8) is 0 Å². The maximum atomic E-state index is 11.5. The Balaban J connectivity index is 2.19. The lowest BCUT2D eigenvalue weighted by atomic mass is 9.81. The molecule has 0 spiro atoms. The van der Waals surface area contributed by atoms with E-state index in [1.54, 1.807) is 6.92 Å². The molecule has 0 atom stereocenters. The fraction of sp³-hybridized carbons (Fsp3) is 0.533. The molecule has 1 aromatic rings. The Morgan fingerprint density at radius 2 is 2.00 bits per heavy atom. The normalized spacial score (nSPS) is 18.3. The van der Waals surface area contributed by atoms with E-state index in [1.807, 2.05) is 0 Å². The Morgan fingerprint density at radius 3 is 2.61 bits per heavy atom. The molecule has 3 heteroatoms. The Labute approximate surface area is 109 Å². The maximum Gasteiger partial charge on any atom is 0.217 e. The van der Waals surface area contributed by atoms with Crippen LogP contribution in [0.2, 0.25) is 0 Å². The van der Waals surface area contributed by atoms with Crippen LogP contribution in [0.1, 0.15) is 30.9 Å². The van der Waals surface area contributed by atoms with Crippen molar-refractivity contribution < 1.29 is 4.79 Å². The molecule has 0 bridgehead atoms. The number of rotatable bonds is 3. The van der Waals surface area contributed by atoms with Crippen molar-refractivity contribution in [3.8, 4) is 0 Å². The molecule has 1 amide bonds. The van der Waals surface area contributed by atoms with Crippen LogP contribution >= 0.6 is 0 Å². The molecule has 1 aromatic carbocycles. The lowest BCUT2D eigenvalue weighted by molar-refractivity contribution is -0.121. The summed E-state index contributed by atoms with van der Waals surface area (Å²) in [7, 11) is 0. The summed E-state index contributed by atoms with van der Waals surface area (Å²) >= 11 is 0. The van der Waals surface area contributed by atoms with E-state index in [4.69, 9.17) is 0 Å². The number of aryl methyl sites for hydroxylation is 1. The van der Waals surface area contributed by atoms with Crippen molar-refractivity contribution in [1.29, 1.82) is 0 Å². The van der Waals surface area contributed by atoms with Crippen LogP contribution in [0.5, 0.6) is 0 Å². The molecule has 1 fully saturated rings. The molecule has 18 heavy (non-hydrogen) atoms. The number of amides is 1. The van der Waals surface area contributed by atoms with Crippen LogP contribution in [-0.4, -0.2) is 24.5 Å². The second-order valence-corrected chi connectivity index (χ2v) is 5.31. The van der Waals surface area contributed by atoms with Crippen LogP contribution in [0, 0.1) is 6.92 Å². The van der Waals surface area contributed by atoms with Crippen molar-refractivity contribution in [3.05, 3.63) is 35.4 Å². The van der Waals surface area contributed by atoms with Gasteiger partial charge in [0.2, 0.25) is 5.91 Å². The number of carbonyl (C=O) groups excluding carboxylic acids is 1. The minimum Gasteiger partial charge on any atom is -0.350 e. The predicted molar refractivity (Wildman–Crippen MR) is 73.5 cm³/mol. The largest absolute Gasteiger partial charge is 0.350 e. The number of nitrogens with one attached hydrogen (secondary N) is 2. The molecule has 1 aliphatic heterocycles. The topological polar surface area (TPSA) is 41.1 Å². The SMILES string of the molecule is CC(=O)NC1(Cc2ccccc2C)CCNCC1. The van der Waals surface area contributed by atoms with Crippen molar-refractivity contribution in [1.82, 2.24) is 10.6 Å². The van der Waals surface area contributed by atoms with Crippen molar-refractivity contribution in [2.24, 2.45) is 0 Å². The Hall–Kier alpha value is -1.35. The molecule has 2 rings (SSSR count). The summed E-state index contributed by atoms with van der Waals surface area (Å²) in [6.07, 6.45) is 2.93. The zero-order chi connectivity index (χ0) is 13.0. The first-order valence-corrected chi connectivity index (χ1v) is 6.65. The van der Waals surface area contributed by atoms with Gasteiger partial charge in [0.25, 0.3) is 0 Å². The highest BCUT2D eigenvalue weighted by molar-refractivity contribution is 5.74. The van der Waals surface area contributed by atoms with Gasteiger partial charge >= 0.3 is 0 Å². The molecule has 0 saturated carbocycles. The van der Waals surface area contributed by atoms with Gasteiger partial charge in [-0.2, -0.15) is 0 Å². The van der Waals surface area contributed by atoms with Gasteiger partial charge < -0.3 is 10.6 Å². The smallest absolute Gasteiger partial charge is 0.217 e. The van der Waals surface area contributed by atoms with Gasteiger partial charge in [-0.3, -0.25) is 4.79 Å². The second-order valence-electron chi connectivity index (χ2n) is 5.31. The highest BCUT2D eigenvalue weighted by Crippen LogP contribution is 2.25. The van der Waals surface area contributed by atoms with Gasteiger partial charge in [0, 0.05) is 12.5 Å². The fourth-order valence-corrected chi connectivity index (χ4v) is 2.80. The average Bonchev–Trinajstić information content (AvgIpc) is 2.32. The molecule has 0 aromatic heterocycles. The van der Waals surface area contributed by atoms with Gasteiger partial charge in [-0.1, -0.05) is 24.3 Å². The molecular weight excluding hydrogens is 224 g/mol. The minimum atomic E-state index is -0.0663. The zero-order valence-corrected chi connectivity index (χ0v) is 11.3. The maximum absolute atomic E-state index is 11.5. The van der Waals surface area contributed by atoms with E-state index >= 15 is 0 Å². The molecule has 0 radical (unpaired) electrons. The van der Waals surface area contributed by atoms with E-state index in [0.29, 0.717) is 0 Å². The summed E-state index contributed by atoms with van der Waals surface area (Å²) in [5.74, 6) is 0.0745. The standard InChI is InChI=1S/C15H22N2O/c1-12-5-3-4-6-14(12)11-15(17-13(2)18)7-9-16-10-8-15/h3-6,16H,7-11H2,1-2H3,(H,17,18). The van der Waals surface area contributed by atoms with Gasteiger partial charge in [0.05, 0.1) is 0 Å². The van der Waals surface area contributed by atoms with Crippen molar-refractivity contribution in [2.75, 3.05) is 13.1 Å². The monoisotopic (exact) mass is 246 g/mol. The van der Waals surface area contributed by atoms with E-state index in [1.165, 1.54) is 11.1 Å². The molecule has 98 valence electrons. The summed E-state index contributed by atoms with van der Waals surface area (Å²) < 4.78 is 0. The number of hydrogen-bond acceptors (Lipinski definition) is 2. The quantitative estimate of drug-likeness (QED) is 0.854. The second kappa shape index (κ2) is 5.53. The van der Waals surface area contributed by atoms with Crippen LogP contribution in [0.15, 0.2) is 24.3 Å². The number of carbonyl (C=O) groups is 1. The Bertz CT molecular complexity index is 422. The molecule has 1 saturated heterocycles. The third-order valence-corrected chi connectivity index (χ3v) is 3.79. The lowest BCUT2D eigenvalue weighted by Crippen LogP contribution is -2.55. The molecule has 3 nitrogen and oxygen atoms in total. The highest BCUT2D eigenvalue weighted by atomic mass is 16.1. The van der Waals surface area contributed by atoms with Crippen molar-refractivity contribution in [2.45, 2.75) is 38.6 Å². The molecule has 1 heterocycles. The summed E-state index contributed by atoms with van der Waals surface area (Å²) in [5, 5.41) is 6.55. The van der Waals surface area contributed by atoms with E-state index in [2.05, 4.69) is 41.8 Å². The van der Waals surface area contributed by atoms with Gasteiger partial charge in [0.1, 0.15) is 0 Å². The number of benzene rings is 1. The third kappa shape index (κ3) is 3.10. The molecule has 2 N–H and O–H groups in total. The van der Waals surface area contributed by atoms with E-state index < -0.39 is 0 Å². The Morgan fingerprint density at radius 1 is 1.33 bits per heavy atom. The van der Waals surface area contributed by atoms with Crippen LogP contribution in [0.4, 0.5) is 0 Å². The van der Waals surface area contributed by atoms with Crippen LogP contribution in [-0.2, 0) is 11.2 Å². The average molecular weight is 246 g/mol. The first-order valence-electron chi connectivity index (χ1n) is 6.65. The fourth-order valence-electron chi connectivity index (χ4n) is 2.80. The summed E-state index contributed by atoms with van der Waals surface area (Å²) in [5.41, 5.74) is 2.58. The molecular formula is C15H22N2O. The number of piperidine rings is 1. The van der Waals surface area contributed by atoms with E-state index in [0.717, 1.165) is 32.4 Å². The van der Waals surface area contributed by atoms with Crippen LogP contribution in [0.25, 0.3) is 0 Å². The Kier molecular flexibility index (Phi) is 4.02. The van der Waals surface area contributed by atoms with Crippen LogP contribution < -0.4 is 10.6 Å². The van der Waals surface area contributed by atoms with Gasteiger partial charge in [0.15, 0.2) is 0 Å². The van der Waals surface area contributed by atoms with Gasteiger partial charge in [-0.15, -0.1) is 0 Å². The van der Waals surface area contributed by atoms with Gasteiger partial charge in [-0.25, -0.2) is 0 Å². The first kappa shape index (κ1) is 13.1. The first-order chi connectivity index (χ1) is 8.61. The van der Waals surface area contributed by atoms with Gasteiger partial charge in [-0.05, 0) is 50.4 Å². The van der Waals surface area contributed by atoms with E-state index in [9.17, 15) is 4.79 Å². The summed E-state index contributed by atoms with van der Waals surface area (Å²) in [4.78, 5) is 11.5. The molecule has 0 unspecified atom stereocenters. The number of hydrogen-bond donors (Lipinski definition) is 2. The highest BCUT2D eigenvalue weighted by Gasteiger charge is 2.33. The zero-order valence-electron chi connectivity index (χ0n) is 11.3. The van der Waals surface area contributed by atoms with E-state index in [-0.39, 0.29) is 11.4 Å². The molecule has 0 aliphatic carbocycles. The third-order valence-electron chi connectivity index (χ3n) is 3.79. The lowest BCUT2D eigenvalue weighted by Gasteiger charge is -2.38. The predicted octanol–water partition coefficient (Wildman–Crippen LogP) is 1.80. The summed E-state index contributed by atoms with van der Waals surface area (Å²) in [6, 6.07) is 8.44. The van der Waals surface area contributed by atoms with Crippen LogP contribution in [0.3, 0.4) is 0 Å². The minimum absolute atomic E-state index is 0.0663. The molecule has 1 aliphatic rings. The van der Waals surface area contributed by atoms with Crippen molar-refractivity contribution >= 4 is 5.91 Å².